The molecule has 0 unspecified atom stereocenters. The third-order valence-corrected chi connectivity index (χ3v) is 9.19. The van der Waals surface area contributed by atoms with Crippen molar-refractivity contribution in [1.29, 1.82) is 5.26 Å². The molecule has 42 heavy (non-hydrogen) atoms. The van der Waals surface area contributed by atoms with Gasteiger partial charge in [-0.3, -0.25) is 15.7 Å². The highest BCUT2D eigenvalue weighted by atomic mass is 35.5. The van der Waals surface area contributed by atoms with Crippen LogP contribution < -0.4 is 27.6 Å². The number of thiophene rings is 1. The lowest BCUT2D eigenvalue weighted by Crippen LogP contribution is -2.50. The molecule has 7 N–H and O–H groups in total. The Labute approximate surface area is 255 Å². The largest absolute Gasteiger partial charge is 0.399 e. The van der Waals surface area contributed by atoms with Gasteiger partial charge in [-0.25, -0.2) is 4.39 Å². The van der Waals surface area contributed by atoms with Crippen molar-refractivity contribution in [2.45, 2.75) is 25.0 Å². The third-order valence-electron chi connectivity index (χ3n) is 7.59. The fourth-order valence-electron chi connectivity index (χ4n) is 5.33. The molecule has 2 aromatic heterocycles. The smallest absolute Gasteiger partial charge is 0.141 e. The maximum Gasteiger partial charge on any atom is 0.141 e. The van der Waals surface area contributed by atoms with Crippen molar-refractivity contribution in [3.8, 4) is 6.07 Å². The summed E-state index contributed by atoms with van der Waals surface area (Å²) in [5.41, 5.74) is 14.4. The standard InChI is InChI=1S/C29H27Cl2FN8OS/c30-22-6-16(1-2-24(22)32)38-27-15(8-33)9-36-28-20(27)5-17(7-23(28)31)39-29(25(34)10-37-35)21-14-42-26-11-40(4-3-19(21)26)18-12-41-13-18/h1-2,5-7,9-10,14,18,29,37,39H,3-4,11-13,34-35H2,(H,36,38)/b25-10-/t29-/m0/s1. The second kappa shape index (κ2) is 11.9. The minimum atomic E-state index is -0.541. The Morgan fingerprint density at radius 2 is 2.05 bits per heavy atom. The Kier molecular flexibility index (Phi) is 8.09. The van der Waals surface area contributed by atoms with Gasteiger partial charge in [-0.2, -0.15) is 5.26 Å². The molecule has 2 aromatic carbocycles. The molecule has 9 nitrogen and oxygen atoms in total. The summed E-state index contributed by atoms with van der Waals surface area (Å²) in [6.45, 7) is 3.40. The molecule has 1 saturated heterocycles. The fourth-order valence-corrected chi connectivity index (χ4v) is 6.93. The van der Waals surface area contributed by atoms with Gasteiger partial charge in [-0.15, -0.1) is 11.3 Å². The Bertz CT molecular complexity index is 1740. The van der Waals surface area contributed by atoms with Crippen LogP contribution in [0, 0.1) is 17.1 Å². The van der Waals surface area contributed by atoms with E-state index < -0.39 is 11.9 Å². The van der Waals surface area contributed by atoms with Gasteiger partial charge in [0.25, 0.3) is 0 Å². The predicted molar refractivity (Wildman–Crippen MR) is 165 cm³/mol. The number of hydrogen-bond acceptors (Lipinski definition) is 10. The van der Waals surface area contributed by atoms with E-state index in [1.54, 1.807) is 29.7 Å². The van der Waals surface area contributed by atoms with Crippen molar-refractivity contribution in [2.24, 2.45) is 11.6 Å². The first-order chi connectivity index (χ1) is 20.4. The maximum absolute atomic E-state index is 13.8. The normalized spacial score (nSPS) is 16.4. The number of hydrogen-bond donors (Lipinski definition) is 5. The van der Waals surface area contributed by atoms with E-state index in [-0.39, 0.29) is 10.6 Å². The number of nitrogens with two attached hydrogens (primary N) is 2. The summed E-state index contributed by atoms with van der Waals surface area (Å²) in [5.74, 6) is 5.08. The number of fused-ring (bicyclic) bond motifs is 2. The first kappa shape index (κ1) is 28.5. The number of benzene rings is 2. The highest BCUT2D eigenvalue weighted by molar-refractivity contribution is 7.10. The summed E-state index contributed by atoms with van der Waals surface area (Å²) >= 11 is 14.5. The summed E-state index contributed by atoms with van der Waals surface area (Å²) in [6, 6.07) is 10.1. The molecule has 1 atom stereocenters. The van der Waals surface area contributed by atoms with Crippen LogP contribution in [0.15, 0.2) is 53.8 Å². The molecule has 0 aliphatic carbocycles. The van der Waals surface area contributed by atoms with Gasteiger partial charge < -0.3 is 26.5 Å². The van der Waals surface area contributed by atoms with Crippen LogP contribution in [0.1, 0.15) is 27.6 Å². The summed E-state index contributed by atoms with van der Waals surface area (Å²) in [5, 5.41) is 19.7. The van der Waals surface area contributed by atoms with Crippen molar-refractivity contribution >= 4 is 62.5 Å². The third kappa shape index (κ3) is 5.45. The van der Waals surface area contributed by atoms with Gasteiger partial charge in [0, 0.05) is 47.1 Å². The number of ether oxygens (including phenoxy) is 1. The second-order valence-electron chi connectivity index (χ2n) is 10.2. The van der Waals surface area contributed by atoms with Gasteiger partial charge >= 0.3 is 0 Å². The average molecular weight is 626 g/mol. The van der Waals surface area contributed by atoms with E-state index in [1.165, 1.54) is 28.8 Å². The average Bonchev–Trinajstić information content (AvgIpc) is 3.36. The molecule has 0 saturated carbocycles. The first-order valence-electron chi connectivity index (χ1n) is 13.2. The van der Waals surface area contributed by atoms with E-state index in [0.29, 0.717) is 44.7 Å². The fraction of sp³-hybridized carbons (Fsp3) is 0.241. The Hall–Kier alpha value is -3.63. The lowest BCUT2D eigenvalue weighted by atomic mass is 9.95. The molecule has 1 fully saturated rings. The van der Waals surface area contributed by atoms with E-state index in [9.17, 15) is 9.65 Å². The number of anilines is 3. The summed E-state index contributed by atoms with van der Waals surface area (Å²) in [4.78, 5) is 8.21. The zero-order valence-electron chi connectivity index (χ0n) is 22.3. The molecule has 4 aromatic rings. The van der Waals surface area contributed by atoms with Crippen LogP contribution >= 0.6 is 34.5 Å². The van der Waals surface area contributed by atoms with Crippen molar-refractivity contribution < 1.29 is 9.13 Å². The zero-order valence-corrected chi connectivity index (χ0v) is 24.6. The molecule has 0 bridgehead atoms. The number of rotatable bonds is 8. The zero-order chi connectivity index (χ0) is 29.4. The van der Waals surface area contributed by atoms with Crippen LogP contribution in [-0.4, -0.2) is 35.7 Å². The summed E-state index contributed by atoms with van der Waals surface area (Å²) < 4.78 is 19.2. The number of halogens is 3. The van der Waals surface area contributed by atoms with Crippen LogP contribution in [-0.2, 0) is 17.7 Å². The van der Waals surface area contributed by atoms with Crippen molar-refractivity contribution in [3.63, 3.8) is 0 Å². The molecule has 6 rings (SSSR count). The Morgan fingerprint density at radius 3 is 2.76 bits per heavy atom. The lowest BCUT2D eigenvalue weighted by molar-refractivity contribution is -0.0691. The molecule has 216 valence electrons. The van der Waals surface area contributed by atoms with E-state index in [2.05, 4.69) is 37.4 Å². The first-order valence-corrected chi connectivity index (χ1v) is 14.8. The van der Waals surface area contributed by atoms with Gasteiger partial charge in [0.05, 0.1) is 57.8 Å². The van der Waals surface area contributed by atoms with Crippen molar-refractivity contribution in [2.75, 3.05) is 30.4 Å². The van der Waals surface area contributed by atoms with Gasteiger partial charge in [0.15, 0.2) is 0 Å². The molecule has 0 amide bonds. The van der Waals surface area contributed by atoms with Crippen molar-refractivity contribution in [3.05, 3.63) is 91.2 Å². The Balaban J connectivity index is 1.38. The van der Waals surface area contributed by atoms with E-state index in [4.69, 9.17) is 39.5 Å². The molecular formula is C29H27Cl2FN8OS. The molecule has 2 aliphatic rings. The highest BCUT2D eigenvalue weighted by Gasteiger charge is 2.32. The monoisotopic (exact) mass is 624 g/mol. The molecule has 0 radical (unpaired) electrons. The molecular weight excluding hydrogens is 598 g/mol. The second-order valence-corrected chi connectivity index (χ2v) is 11.9. The van der Waals surface area contributed by atoms with Gasteiger partial charge in [0.1, 0.15) is 11.9 Å². The summed E-state index contributed by atoms with van der Waals surface area (Å²) in [7, 11) is 0. The maximum atomic E-state index is 13.8. The van der Waals surface area contributed by atoms with E-state index in [1.807, 2.05) is 6.07 Å². The number of hydrazine groups is 1. The minimum absolute atomic E-state index is 0.0425. The van der Waals surface area contributed by atoms with Gasteiger partial charge in [-0.1, -0.05) is 23.2 Å². The van der Waals surface area contributed by atoms with E-state index in [0.717, 1.165) is 38.3 Å². The van der Waals surface area contributed by atoms with Crippen LogP contribution in [0.5, 0.6) is 0 Å². The van der Waals surface area contributed by atoms with Crippen LogP contribution in [0.25, 0.3) is 10.9 Å². The van der Waals surface area contributed by atoms with Gasteiger partial charge in [0.2, 0.25) is 0 Å². The van der Waals surface area contributed by atoms with Gasteiger partial charge in [-0.05, 0) is 53.3 Å². The predicted octanol–water partition coefficient (Wildman–Crippen LogP) is 5.53. The summed E-state index contributed by atoms with van der Waals surface area (Å²) in [6.07, 6.45) is 3.90. The highest BCUT2D eigenvalue weighted by Crippen LogP contribution is 2.39. The van der Waals surface area contributed by atoms with Crippen LogP contribution in [0.4, 0.5) is 21.5 Å². The minimum Gasteiger partial charge on any atom is -0.399 e. The number of nitrogens with zero attached hydrogens (tertiary/aromatic N) is 3. The number of nitrogens with one attached hydrogen (secondary N) is 3. The van der Waals surface area contributed by atoms with Crippen LogP contribution in [0.3, 0.4) is 0 Å². The quantitative estimate of drug-likeness (QED) is 0.126. The number of pyridine rings is 1. The molecule has 2 aliphatic heterocycles. The van der Waals surface area contributed by atoms with Crippen LogP contribution in [0.2, 0.25) is 10.0 Å². The van der Waals surface area contributed by atoms with Crippen molar-refractivity contribution in [1.82, 2.24) is 15.3 Å². The Morgan fingerprint density at radius 1 is 1.24 bits per heavy atom. The SMILES string of the molecule is N#Cc1cnc2c(Cl)cc(N[C@H](/C(N)=C/NN)c3csc4c3CCN(C3COC3)C4)cc2c1Nc1ccc(F)c(Cl)c1. The molecule has 13 heteroatoms. The topological polar surface area (TPSA) is 137 Å². The molecule has 4 heterocycles. The number of nitriles is 1. The van der Waals surface area contributed by atoms with E-state index >= 15 is 0 Å². The lowest BCUT2D eigenvalue weighted by Gasteiger charge is -2.39. The number of aromatic nitrogens is 1. The molecule has 0 spiro atoms.